The molecular formula is C15H20FNO4. The van der Waals surface area contributed by atoms with Crippen molar-refractivity contribution in [1.82, 2.24) is 0 Å². The van der Waals surface area contributed by atoms with Gasteiger partial charge in [0.2, 0.25) is 0 Å². The first-order valence-electron chi connectivity index (χ1n) is 7.10. The zero-order chi connectivity index (χ0) is 15.8. The minimum atomic E-state index is -0.862. The molecule has 0 bridgehead atoms. The number of benzene rings is 1. The Labute approximate surface area is 123 Å². The number of rotatable bonds is 8. The van der Waals surface area contributed by atoms with Crippen molar-refractivity contribution in [3.8, 4) is 0 Å². The van der Waals surface area contributed by atoms with Crippen molar-refractivity contribution >= 4 is 11.7 Å². The molecule has 116 valence electrons. The van der Waals surface area contributed by atoms with E-state index in [4.69, 9.17) is 4.74 Å². The van der Waals surface area contributed by atoms with Crippen LogP contribution in [-0.2, 0) is 4.74 Å². The van der Waals surface area contributed by atoms with Gasteiger partial charge in [-0.2, -0.15) is 0 Å². The Morgan fingerprint density at radius 1 is 1.38 bits per heavy atom. The molecule has 0 N–H and O–H groups in total. The van der Waals surface area contributed by atoms with Crippen LogP contribution in [0.15, 0.2) is 18.2 Å². The van der Waals surface area contributed by atoms with Crippen LogP contribution in [0.1, 0.15) is 56.3 Å². The highest BCUT2D eigenvalue weighted by molar-refractivity contribution is 5.90. The van der Waals surface area contributed by atoms with E-state index in [0.29, 0.717) is 6.42 Å². The van der Waals surface area contributed by atoms with E-state index in [1.165, 1.54) is 0 Å². The van der Waals surface area contributed by atoms with Gasteiger partial charge < -0.3 is 4.74 Å². The molecule has 1 aromatic carbocycles. The predicted molar refractivity (Wildman–Crippen MR) is 76.7 cm³/mol. The van der Waals surface area contributed by atoms with Crippen molar-refractivity contribution in [2.24, 2.45) is 0 Å². The first kappa shape index (κ1) is 17.1. The fraction of sp³-hybridized carbons (Fsp3) is 0.533. The summed E-state index contributed by atoms with van der Waals surface area (Å²) in [5, 5.41) is 10.6. The molecule has 6 heteroatoms. The number of ether oxygens (including phenoxy) is 1. The van der Waals surface area contributed by atoms with Gasteiger partial charge in [0.1, 0.15) is 11.4 Å². The topological polar surface area (TPSA) is 69.4 Å². The molecular weight excluding hydrogens is 277 g/mol. The molecule has 5 nitrogen and oxygen atoms in total. The second-order valence-electron chi connectivity index (χ2n) is 4.99. The van der Waals surface area contributed by atoms with Crippen LogP contribution in [0.5, 0.6) is 0 Å². The van der Waals surface area contributed by atoms with Crippen LogP contribution < -0.4 is 0 Å². The van der Waals surface area contributed by atoms with Crippen LogP contribution in [0.25, 0.3) is 0 Å². The highest BCUT2D eigenvalue weighted by atomic mass is 19.1. The Bertz CT molecular complexity index is 504. The second-order valence-corrected chi connectivity index (χ2v) is 4.99. The van der Waals surface area contributed by atoms with Crippen LogP contribution in [-0.4, -0.2) is 17.0 Å². The van der Waals surface area contributed by atoms with Crippen LogP contribution in [0.4, 0.5) is 10.1 Å². The fourth-order valence-corrected chi connectivity index (χ4v) is 1.95. The van der Waals surface area contributed by atoms with Crippen molar-refractivity contribution in [2.75, 3.05) is 0 Å². The fourth-order valence-electron chi connectivity index (χ4n) is 1.95. The van der Waals surface area contributed by atoms with E-state index in [-0.39, 0.29) is 11.8 Å². The van der Waals surface area contributed by atoms with Gasteiger partial charge in [-0.15, -0.1) is 0 Å². The number of nitro groups is 1. The number of hydrogen-bond acceptors (Lipinski definition) is 4. The summed E-state index contributed by atoms with van der Waals surface area (Å²) in [5.74, 6) is -1.68. The molecule has 0 saturated carbocycles. The van der Waals surface area contributed by atoms with Crippen molar-refractivity contribution in [3.63, 3.8) is 0 Å². The molecule has 0 aromatic heterocycles. The van der Waals surface area contributed by atoms with Gasteiger partial charge in [-0.1, -0.05) is 26.2 Å². The van der Waals surface area contributed by atoms with E-state index < -0.39 is 22.3 Å². The van der Waals surface area contributed by atoms with Crippen molar-refractivity contribution in [3.05, 3.63) is 39.7 Å². The summed E-state index contributed by atoms with van der Waals surface area (Å²) in [7, 11) is 0. The summed E-state index contributed by atoms with van der Waals surface area (Å²) in [6.07, 6.45) is 4.59. The molecule has 1 aromatic rings. The lowest BCUT2D eigenvalue weighted by Crippen LogP contribution is -2.16. The van der Waals surface area contributed by atoms with Gasteiger partial charge in [-0.05, 0) is 25.8 Å². The molecule has 0 aliphatic heterocycles. The highest BCUT2D eigenvalue weighted by Gasteiger charge is 2.19. The molecule has 0 heterocycles. The maximum atomic E-state index is 13.6. The zero-order valence-corrected chi connectivity index (χ0v) is 12.3. The number of carbonyl (C=O) groups excluding carboxylic acids is 1. The van der Waals surface area contributed by atoms with Crippen molar-refractivity contribution in [1.29, 1.82) is 0 Å². The molecule has 0 aliphatic carbocycles. The number of halogens is 1. The number of hydrogen-bond donors (Lipinski definition) is 0. The SMILES string of the molecule is CCCCCCC(C)OC(=O)c1cc([N+](=O)[O-])ccc1F. The van der Waals surface area contributed by atoms with E-state index in [2.05, 4.69) is 6.92 Å². The first-order chi connectivity index (χ1) is 9.95. The predicted octanol–water partition coefficient (Wildman–Crippen LogP) is 4.25. The molecule has 0 saturated heterocycles. The minimum absolute atomic E-state index is 0.334. The van der Waals surface area contributed by atoms with Crippen LogP contribution in [0, 0.1) is 15.9 Å². The minimum Gasteiger partial charge on any atom is -0.459 e. The quantitative estimate of drug-likeness (QED) is 0.311. The lowest BCUT2D eigenvalue weighted by Gasteiger charge is -2.13. The largest absolute Gasteiger partial charge is 0.459 e. The van der Waals surface area contributed by atoms with E-state index >= 15 is 0 Å². The maximum Gasteiger partial charge on any atom is 0.341 e. The molecule has 0 aliphatic rings. The standard InChI is InChI=1S/C15H20FNO4/c1-3-4-5-6-7-11(2)21-15(18)13-10-12(17(19)20)8-9-14(13)16/h8-11H,3-7H2,1-2H3. The summed E-state index contributed by atoms with van der Waals surface area (Å²) in [5.41, 5.74) is -0.733. The second kappa shape index (κ2) is 8.34. The molecule has 1 unspecified atom stereocenters. The summed E-state index contributed by atoms with van der Waals surface area (Å²) in [6.45, 7) is 3.84. The third-order valence-corrected chi connectivity index (χ3v) is 3.15. The van der Waals surface area contributed by atoms with Gasteiger partial charge in [0.05, 0.1) is 11.0 Å². The third kappa shape index (κ3) is 5.49. The summed E-state index contributed by atoms with van der Waals surface area (Å²) in [6, 6.07) is 2.82. The number of carbonyl (C=O) groups is 1. The Morgan fingerprint density at radius 3 is 2.71 bits per heavy atom. The maximum absolute atomic E-state index is 13.6. The molecule has 0 radical (unpaired) electrons. The van der Waals surface area contributed by atoms with Gasteiger partial charge in [-0.3, -0.25) is 10.1 Å². The van der Waals surface area contributed by atoms with Gasteiger partial charge >= 0.3 is 5.97 Å². The van der Waals surface area contributed by atoms with Crippen molar-refractivity contribution < 1.29 is 18.8 Å². The smallest absolute Gasteiger partial charge is 0.341 e. The summed E-state index contributed by atoms with van der Waals surface area (Å²) < 4.78 is 18.7. The molecule has 21 heavy (non-hydrogen) atoms. The van der Waals surface area contributed by atoms with E-state index in [0.717, 1.165) is 43.9 Å². The van der Waals surface area contributed by atoms with Crippen LogP contribution >= 0.6 is 0 Å². The highest BCUT2D eigenvalue weighted by Crippen LogP contribution is 2.19. The molecule has 0 amide bonds. The number of esters is 1. The Balaban J connectivity index is 2.62. The van der Waals surface area contributed by atoms with E-state index in [9.17, 15) is 19.3 Å². The third-order valence-electron chi connectivity index (χ3n) is 3.15. The van der Waals surface area contributed by atoms with Gasteiger partial charge in [0, 0.05) is 12.1 Å². The van der Waals surface area contributed by atoms with E-state index in [1.807, 2.05) is 0 Å². The number of nitrogens with zero attached hydrogens (tertiary/aromatic N) is 1. The Morgan fingerprint density at radius 2 is 2.10 bits per heavy atom. The first-order valence-corrected chi connectivity index (χ1v) is 7.10. The molecule has 0 spiro atoms. The van der Waals surface area contributed by atoms with Gasteiger partial charge in [-0.25, -0.2) is 9.18 Å². The Kier molecular flexibility index (Phi) is 6.78. The number of non-ortho nitro benzene ring substituents is 1. The summed E-state index contributed by atoms with van der Waals surface area (Å²) >= 11 is 0. The lowest BCUT2D eigenvalue weighted by molar-refractivity contribution is -0.384. The van der Waals surface area contributed by atoms with Gasteiger partial charge in [0.15, 0.2) is 0 Å². The molecule has 0 fully saturated rings. The van der Waals surface area contributed by atoms with Crippen LogP contribution in [0.3, 0.4) is 0 Å². The Hall–Kier alpha value is -1.98. The van der Waals surface area contributed by atoms with Crippen LogP contribution in [0.2, 0.25) is 0 Å². The number of unbranched alkanes of at least 4 members (excludes halogenated alkanes) is 3. The molecule has 1 atom stereocenters. The van der Waals surface area contributed by atoms with E-state index in [1.54, 1.807) is 6.92 Å². The molecule has 1 rings (SSSR count). The lowest BCUT2D eigenvalue weighted by atomic mass is 10.1. The van der Waals surface area contributed by atoms with Crippen molar-refractivity contribution in [2.45, 2.75) is 52.1 Å². The zero-order valence-electron chi connectivity index (χ0n) is 12.3. The normalized spacial score (nSPS) is 12.0. The summed E-state index contributed by atoms with van der Waals surface area (Å²) in [4.78, 5) is 21.8. The number of nitro benzene ring substituents is 1. The van der Waals surface area contributed by atoms with Gasteiger partial charge in [0.25, 0.3) is 5.69 Å². The average Bonchev–Trinajstić information content (AvgIpc) is 2.43. The monoisotopic (exact) mass is 297 g/mol. The average molecular weight is 297 g/mol.